The molecule has 1 unspecified atom stereocenters. The van der Waals surface area contributed by atoms with Crippen LogP contribution in [0.2, 0.25) is 5.02 Å². The van der Waals surface area contributed by atoms with Gasteiger partial charge in [-0.25, -0.2) is 0 Å². The number of hydrogen-bond donors (Lipinski definition) is 2. The first-order valence-electron chi connectivity index (χ1n) is 8.05. The minimum atomic E-state index is -0.583. The fourth-order valence-electron chi connectivity index (χ4n) is 3.08. The molecule has 1 aliphatic heterocycles. The number of rotatable bonds is 6. The summed E-state index contributed by atoms with van der Waals surface area (Å²) < 4.78 is 0. The number of piperidine rings is 1. The van der Waals surface area contributed by atoms with Crippen LogP contribution in [0.1, 0.15) is 43.0 Å². The van der Waals surface area contributed by atoms with E-state index < -0.39 is 10.8 Å². The monoisotopic (exact) mass is 340 g/mol. The molecule has 1 saturated heterocycles. The van der Waals surface area contributed by atoms with Gasteiger partial charge in [0.05, 0.1) is 24.1 Å². The van der Waals surface area contributed by atoms with Crippen molar-refractivity contribution in [2.45, 2.75) is 38.6 Å². The Morgan fingerprint density at radius 3 is 2.96 bits per heavy atom. The number of hydrogen-bond acceptors (Lipinski definition) is 3. The van der Waals surface area contributed by atoms with Gasteiger partial charge in [-0.3, -0.25) is 14.9 Å². The van der Waals surface area contributed by atoms with Crippen molar-refractivity contribution in [1.29, 1.82) is 0 Å². The number of benzene rings is 1. The maximum Gasteiger partial charge on any atom is 0.283 e. The van der Waals surface area contributed by atoms with Gasteiger partial charge in [0.15, 0.2) is 0 Å². The van der Waals surface area contributed by atoms with E-state index in [4.69, 9.17) is 11.6 Å². The molecule has 1 aromatic rings. The Hall–Kier alpha value is -1.66. The number of carbonyl (C=O) groups excluding carboxylic acids is 1. The van der Waals surface area contributed by atoms with E-state index in [-0.39, 0.29) is 16.3 Å². The molecule has 1 aromatic carbocycles. The predicted octanol–water partition coefficient (Wildman–Crippen LogP) is 1.83. The van der Waals surface area contributed by atoms with E-state index in [1.807, 2.05) is 0 Å². The Labute approximate surface area is 141 Å². The fourth-order valence-corrected chi connectivity index (χ4v) is 3.25. The SMILES string of the molecule is C[C@H]1CCCC[NH+]1CCCNC(=O)c1ccc(Cl)cc1[N+](=O)[O-]. The largest absolute Gasteiger partial charge is 0.352 e. The number of quaternary nitrogens is 1. The maximum absolute atomic E-state index is 12.1. The minimum absolute atomic E-state index is 0.0538. The molecule has 7 heteroatoms. The van der Waals surface area contributed by atoms with E-state index in [2.05, 4.69) is 12.2 Å². The van der Waals surface area contributed by atoms with Crippen LogP contribution in [0, 0.1) is 10.1 Å². The highest BCUT2D eigenvalue weighted by atomic mass is 35.5. The van der Waals surface area contributed by atoms with Gasteiger partial charge in [0, 0.05) is 24.1 Å². The van der Waals surface area contributed by atoms with Crippen LogP contribution < -0.4 is 10.2 Å². The van der Waals surface area contributed by atoms with E-state index >= 15 is 0 Å². The zero-order chi connectivity index (χ0) is 16.8. The van der Waals surface area contributed by atoms with E-state index in [1.54, 1.807) is 4.90 Å². The number of carbonyl (C=O) groups is 1. The molecule has 0 aromatic heterocycles. The third-order valence-electron chi connectivity index (χ3n) is 4.44. The Morgan fingerprint density at radius 1 is 1.48 bits per heavy atom. The van der Waals surface area contributed by atoms with Gasteiger partial charge in [-0.15, -0.1) is 0 Å². The van der Waals surface area contributed by atoms with Crippen molar-refractivity contribution in [3.05, 3.63) is 38.9 Å². The smallest absolute Gasteiger partial charge is 0.283 e. The Morgan fingerprint density at radius 2 is 2.26 bits per heavy atom. The molecule has 126 valence electrons. The van der Waals surface area contributed by atoms with Crippen molar-refractivity contribution in [3.8, 4) is 0 Å². The molecule has 0 bridgehead atoms. The maximum atomic E-state index is 12.1. The van der Waals surface area contributed by atoms with E-state index in [0.717, 1.165) is 13.0 Å². The lowest BCUT2D eigenvalue weighted by Crippen LogP contribution is -3.16. The highest BCUT2D eigenvalue weighted by molar-refractivity contribution is 6.31. The zero-order valence-corrected chi connectivity index (χ0v) is 14.1. The molecule has 23 heavy (non-hydrogen) atoms. The molecule has 0 radical (unpaired) electrons. The van der Waals surface area contributed by atoms with Gasteiger partial charge in [-0.05, 0) is 38.3 Å². The predicted molar refractivity (Wildman–Crippen MR) is 89.1 cm³/mol. The highest BCUT2D eigenvalue weighted by Crippen LogP contribution is 2.22. The van der Waals surface area contributed by atoms with Crippen LogP contribution in [0.5, 0.6) is 0 Å². The standard InChI is InChI=1S/C16H22ClN3O3/c1-12-5-2-3-9-19(12)10-4-8-18-16(21)14-7-6-13(17)11-15(14)20(22)23/h6-7,11-12H,2-5,8-10H2,1H3,(H,18,21)/p+1/t12-/m0/s1. The van der Waals surface area contributed by atoms with Gasteiger partial charge >= 0.3 is 0 Å². The topological polar surface area (TPSA) is 76.7 Å². The summed E-state index contributed by atoms with van der Waals surface area (Å²) in [6, 6.07) is 4.77. The van der Waals surface area contributed by atoms with Crippen molar-refractivity contribution >= 4 is 23.2 Å². The van der Waals surface area contributed by atoms with Crippen LogP contribution in [0.15, 0.2) is 18.2 Å². The molecule has 1 amide bonds. The van der Waals surface area contributed by atoms with Gasteiger partial charge in [0.1, 0.15) is 5.56 Å². The molecule has 2 N–H and O–H groups in total. The highest BCUT2D eigenvalue weighted by Gasteiger charge is 2.22. The van der Waals surface area contributed by atoms with Gasteiger partial charge in [-0.1, -0.05) is 11.6 Å². The van der Waals surface area contributed by atoms with Gasteiger partial charge in [0.2, 0.25) is 0 Å². The van der Waals surface area contributed by atoms with Crippen molar-refractivity contribution < 1.29 is 14.6 Å². The average molecular weight is 341 g/mol. The fraction of sp³-hybridized carbons (Fsp3) is 0.562. The summed E-state index contributed by atoms with van der Waals surface area (Å²) in [5.74, 6) is -0.421. The first-order valence-corrected chi connectivity index (χ1v) is 8.43. The molecule has 1 heterocycles. The Kier molecular flexibility index (Phi) is 6.36. The molecule has 2 atom stereocenters. The van der Waals surface area contributed by atoms with Crippen LogP contribution in [0.25, 0.3) is 0 Å². The van der Waals surface area contributed by atoms with Crippen LogP contribution in [-0.4, -0.2) is 36.5 Å². The Bertz CT molecular complexity index is 580. The quantitative estimate of drug-likeness (QED) is 0.471. The molecule has 0 saturated carbocycles. The second-order valence-corrected chi connectivity index (χ2v) is 6.52. The number of amides is 1. The number of nitro groups is 1. The summed E-state index contributed by atoms with van der Waals surface area (Å²) in [7, 11) is 0. The third kappa shape index (κ3) is 4.91. The molecular formula is C16H23ClN3O3+. The number of nitro benzene ring substituents is 1. The van der Waals surface area contributed by atoms with Crippen molar-refractivity contribution in [2.24, 2.45) is 0 Å². The summed E-state index contributed by atoms with van der Waals surface area (Å²) in [4.78, 5) is 24.1. The van der Waals surface area contributed by atoms with E-state index in [1.165, 1.54) is 44.0 Å². The first kappa shape index (κ1) is 17.7. The molecule has 6 nitrogen and oxygen atoms in total. The molecular weight excluding hydrogens is 318 g/mol. The van der Waals surface area contributed by atoms with Crippen LogP contribution in [0.4, 0.5) is 5.69 Å². The first-order chi connectivity index (χ1) is 11.0. The van der Waals surface area contributed by atoms with Gasteiger partial charge < -0.3 is 10.2 Å². The van der Waals surface area contributed by atoms with E-state index in [9.17, 15) is 14.9 Å². The number of halogens is 1. The zero-order valence-electron chi connectivity index (χ0n) is 13.3. The number of nitrogens with one attached hydrogen (secondary N) is 2. The van der Waals surface area contributed by atoms with Gasteiger partial charge in [-0.2, -0.15) is 0 Å². The lowest BCUT2D eigenvalue weighted by Gasteiger charge is -2.30. The molecule has 0 aliphatic carbocycles. The molecule has 1 aliphatic rings. The van der Waals surface area contributed by atoms with E-state index in [0.29, 0.717) is 12.6 Å². The third-order valence-corrected chi connectivity index (χ3v) is 4.68. The Balaban J connectivity index is 1.84. The molecule has 1 fully saturated rings. The average Bonchev–Trinajstić information content (AvgIpc) is 2.52. The molecule has 0 spiro atoms. The lowest BCUT2D eigenvalue weighted by molar-refractivity contribution is -0.928. The molecule has 2 rings (SSSR count). The second-order valence-electron chi connectivity index (χ2n) is 6.08. The van der Waals surface area contributed by atoms with Gasteiger partial charge in [0.25, 0.3) is 11.6 Å². The van der Waals surface area contributed by atoms with Crippen LogP contribution in [0.3, 0.4) is 0 Å². The van der Waals surface area contributed by atoms with Crippen LogP contribution in [-0.2, 0) is 0 Å². The summed E-state index contributed by atoms with van der Waals surface area (Å²) in [5.41, 5.74) is -0.205. The lowest BCUT2D eigenvalue weighted by atomic mass is 10.0. The van der Waals surface area contributed by atoms with Crippen molar-refractivity contribution in [1.82, 2.24) is 5.32 Å². The summed E-state index contributed by atoms with van der Waals surface area (Å²) in [6.45, 7) is 5.00. The van der Waals surface area contributed by atoms with Crippen molar-refractivity contribution in [2.75, 3.05) is 19.6 Å². The second kappa shape index (κ2) is 8.26. The minimum Gasteiger partial charge on any atom is -0.352 e. The number of likely N-dealkylation sites (tertiary alicyclic amines) is 1. The normalized spacial score (nSPS) is 21.0. The summed E-state index contributed by atoms with van der Waals surface area (Å²) in [5, 5.41) is 14.0. The van der Waals surface area contributed by atoms with Crippen LogP contribution >= 0.6 is 11.6 Å². The summed E-state index contributed by atoms with van der Waals surface area (Å²) >= 11 is 5.75. The number of nitrogens with zero attached hydrogens (tertiary/aromatic N) is 1. The summed E-state index contributed by atoms with van der Waals surface area (Å²) in [6.07, 6.45) is 4.70. The van der Waals surface area contributed by atoms with Crippen molar-refractivity contribution in [3.63, 3.8) is 0 Å².